The third-order valence-electron chi connectivity index (χ3n) is 6.28. The van der Waals surface area contributed by atoms with Crippen molar-refractivity contribution in [1.82, 2.24) is 9.47 Å². The van der Waals surface area contributed by atoms with E-state index in [2.05, 4.69) is 58.7 Å². The highest BCUT2D eigenvalue weighted by molar-refractivity contribution is 5.91. The summed E-state index contributed by atoms with van der Waals surface area (Å²) in [5.41, 5.74) is 5.38. The van der Waals surface area contributed by atoms with Gasteiger partial charge in [0.1, 0.15) is 5.75 Å². The number of fused-ring (bicyclic) bond motifs is 4. The van der Waals surface area contributed by atoms with Gasteiger partial charge in [0.05, 0.1) is 29.7 Å². The van der Waals surface area contributed by atoms with Crippen LogP contribution in [0.5, 0.6) is 5.75 Å². The number of ether oxygens (including phenoxy) is 1. The number of hydrogen-bond acceptors (Lipinski definition) is 3. The molecule has 2 aromatic carbocycles. The molecule has 3 aromatic rings. The number of methoxy groups -OCH3 is 1. The normalized spacial score (nSPS) is 16.4. The first-order valence-corrected chi connectivity index (χ1v) is 10.4. The fraction of sp³-hybridized carbons (Fsp3) is 0.292. The Morgan fingerprint density at radius 1 is 1.10 bits per heavy atom. The lowest BCUT2D eigenvalue weighted by Gasteiger charge is -2.46. The van der Waals surface area contributed by atoms with Crippen LogP contribution in [0.3, 0.4) is 0 Å². The molecule has 0 unspecified atom stereocenters. The third-order valence-corrected chi connectivity index (χ3v) is 6.28. The van der Waals surface area contributed by atoms with Crippen molar-refractivity contribution < 1.29 is 9.53 Å². The SMILES string of the molecule is COc1ccccc1NC(=O)N1CCC2(CC1)Nc1cc(C)ccc1-n1cccc12. The Hall–Kier alpha value is -3.41. The number of piperidine rings is 1. The van der Waals surface area contributed by atoms with Crippen molar-refractivity contribution in [3.63, 3.8) is 0 Å². The Balaban J connectivity index is 1.35. The zero-order chi connectivity index (χ0) is 20.7. The number of hydrogen-bond donors (Lipinski definition) is 2. The number of aromatic nitrogens is 1. The molecule has 0 aliphatic carbocycles. The number of anilines is 2. The second kappa shape index (κ2) is 7.13. The van der Waals surface area contributed by atoms with Gasteiger partial charge in [-0.15, -0.1) is 0 Å². The molecule has 154 valence electrons. The maximum atomic E-state index is 12.9. The van der Waals surface area contributed by atoms with Crippen LogP contribution in [0, 0.1) is 6.92 Å². The van der Waals surface area contributed by atoms with Crippen LogP contribution in [-0.4, -0.2) is 35.7 Å². The largest absolute Gasteiger partial charge is 0.495 e. The lowest BCUT2D eigenvalue weighted by atomic mass is 9.82. The molecule has 0 atom stereocenters. The molecule has 1 aromatic heterocycles. The van der Waals surface area contributed by atoms with E-state index in [1.165, 1.54) is 16.9 Å². The summed E-state index contributed by atoms with van der Waals surface area (Å²) in [5, 5.41) is 6.82. The quantitative estimate of drug-likeness (QED) is 0.651. The standard InChI is InChI=1S/C24H26N4O2/c1-17-9-10-20-19(16-17)26-24(22-8-5-13-28(20)22)11-14-27(15-12-24)23(29)25-18-6-3-4-7-21(18)30-2/h3-10,13,16,26H,11-12,14-15H2,1-2H3,(H,25,29). The minimum absolute atomic E-state index is 0.0863. The van der Waals surface area contributed by atoms with Gasteiger partial charge in [-0.2, -0.15) is 0 Å². The van der Waals surface area contributed by atoms with E-state index >= 15 is 0 Å². The van der Waals surface area contributed by atoms with Crippen LogP contribution in [0.4, 0.5) is 16.2 Å². The summed E-state index contributed by atoms with van der Waals surface area (Å²) >= 11 is 0. The van der Waals surface area contributed by atoms with E-state index in [1.807, 2.05) is 29.2 Å². The zero-order valence-corrected chi connectivity index (χ0v) is 17.3. The lowest BCUT2D eigenvalue weighted by molar-refractivity contribution is 0.174. The molecule has 1 spiro atoms. The van der Waals surface area contributed by atoms with Crippen LogP contribution in [0.15, 0.2) is 60.8 Å². The van der Waals surface area contributed by atoms with Crippen LogP contribution < -0.4 is 15.4 Å². The summed E-state index contributed by atoms with van der Waals surface area (Å²) in [6, 6.07) is 18.2. The van der Waals surface area contributed by atoms with E-state index in [-0.39, 0.29) is 11.6 Å². The highest BCUT2D eigenvalue weighted by Gasteiger charge is 2.42. The van der Waals surface area contributed by atoms with Crippen molar-refractivity contribution in [2.45, 2.75) is 25.3 Å². The molecule has 2 amide bonds. The first-order valence-electron chi connectivity index (χ1n) is 10.4. The van der Waals surface area contributed by atoms with E-state index in [0.29, 0.717) is 24.5 Å². The minimum Gasteiger partial charge on any atom is -0.495 e. The van der Waals surface area contributed by atoms with Gasteiger partial charge in [0, 0.05) is 25.0 Å². The number of para-hydroxylation sites is 2. The Kier molecular flexibility index (Phi) is 4.42. The predicted octanol–water partition coefficient (Wildman–Crippen LogP) is 4.74. The molecule has 3 heterocycles. The van der Waals surface area contributed by atoms with Crippen LogP contribution in [0.2, 0.25) is 0 Å². The molecular formula is C24H26N4O2. The Morgan fingerprint density at radius 3 is 2.70 bits per heavy atom. The fourth-order valence-corrected chi connectivity index (χ4v) is 4.68. The van der Waals surface area contributed by atoms with Crippen LogP contribution in [0.25, 0.3) is 5.69 Å². The molecule has 30 heavy (non-hydrogen) atoms. The summed E-state index contributed by atoms with van der Waals surface area (Å²) in [4.78, 5) is 14.8. The van der Waals surface area contributed by atoms with Gasteiger partial charge in [-0.05, 0) is 61.7 Å². The molecule has 6 heteroatoms. The number of benzene rings is 2. The number of aryl methyl sites for hydroxylation is 1. The van der Waals surface area contributed by atoms with E-state index in [9.17, 15) is 4.79 Å². The van der Waals surface area contributed by atoms with E-state index in [4.69, 9.17) is 4.74 Å². The summed E-state index contributed by atoms with van der Waals surface area (Å²) in [6.45, 7) is 3.48. The number of amides is 2. The molecule has 0 saturated carbocycles. The number of carbonyl (C=O) groups excluding carboxylic acids is 1. The number of nitrogens with one attached hydrogen (secondary N) is 2. The lowest BCUT2D eigenvalue weighted by Crippen LogP contribution is -2.51. The Bertz CT molecular complexity index is 1100. The number of rotatable bonds is 2. The van der Waals surface area contributed by atoms with Crippen molar-refractivity contribution in [3.8, 4) is 11.4 Å². The fourth-order valence-electron chi connectivity index (χ4n) is 4.68. The van der Waals surface area contributed by atoms with Gasteiger partial charge in [0.2, 0.25) is 0 Å². The topological polar surface area (TPSA) is 58.5 Å². The van der Waals surface area contributed by atoms with Crippen molar-refractivity contribution in [2.75, 3.05) is 30.8 Å². The molecule has 2 aliphatic heterocycles. The maximum Gasteiger partial charge on any atom is 0.321 e. The van der Waals surface area contributed by atoms with Gasteiger partial charge in [-0.25, -0.2) is 4.79 Å². The number of urea groups is 1. The molecule has 2 aliphatic rings. The van der Waals surface area contributed by atoms with Crippen molar-refractivity contribution in [3.05, 3.63) is 72.1 Å². The van der Waals surface area contributed by atoms with Gasteiger partial charge >= 0.3 is 6.03 Å². The van der Waals surface area contributed by atoms with Crippen molar-refractivity contribution in [2.24, 2.45) is 0 Å². The van der Waals surface area contributed by atoms with Gasteiger partial charge in [-0.3, -0.25) is 0 Å². The van der Waals surface area contributed by atoms with Crippen molar-refractivity contribution in [1.29, 1.82) is 0 Å². The highest BCUT2D eigenvalue weighted by atomic mass is 16.5. The van der Waals surface area contributed by atoms with Crippen LogP contribution in [0.1, 0.15) is 24.1 Å². The molecule has 2 N–H and O–H groups in total. The molecule has 5 rings (SSSR count). The third kappa shape index (κ3) is 3.00. The number of nitrogens with zero attached hydrogens (tertiary/aromatic N) is 2. The van der Waals surface area contributed by atoms with E-state index in [0.717, 1.165) is 18.5 Å². The zero-order valence-electron chi connectivity index (χ0n) is 17.3. The first-order chi connectivity index (χ1) is 14.6. The minimum atomic E-state index is -0.161. The van der Waals surface area contributed by atoms with Gasteiger partial charge in [-0.1, -0.05) is 18.2 Å². The molecule has 6 nitrogen and oxygen atoms in total. The number of carbonyl (C=O) groups is 1. The summed E-state index contributed by atoms with van der Waals surface area (Å²) in [6.07, 6.45) is 3.83. The molecule has 1 saturated heterocycles. The van der Waals surface area contributed by atoms with Gasteiger partial charge in [0.25, 0.3) is 0 Å². The Labute approximate surface area is 176 Å². The van der Waals surface area contributed by atoms with E-state index < -0.39 is 0 Å². The van der Waals surface area contributed by atoms with E-state index in [1.54, 1.807) is 7.11 Å². The average Bonchev–Trinajstić information content (AvgIpc) is 3.26. The second-order valence-electron chi connectivity index (χ2n) is 8.11. The van der Waals surface area contributed by atoms with Crippen LogP contribution >= 0.6 is 0 Å². The smallest absolute Gasteiger partial charge is 0.321 e. The predicted molar refractivity (Wildman–Crippen MR) is 119 cm³/mol. The van der Waals surface area contributed by atoms with Gasteiger partial charge < -0.3 is 24.8 Å². The Morgan fingerprint density at radius 2 is 1.90 bits per heavy atom. The first kappa shape index (κ1) is 18.6. The summed E-state index contributed by atoms with van der Waals surface area (Å²) in [5.74, 6) is 0.665. The second-order valence-corrected chi connectivity index (χ2v) is 8.11. The summed E-state index contributed by atoms with van der Waals surface area (Å²) < 4.78 is 7.64. The van der Waals surface area contributed by atoms with Gasteiger partial charge in [0.15, 0.2) is 0 Å². The molecular weight excluding hydrogens is 376 g/mol. The molecule has 0 bridgehead atoms. The summed E-state index contributed by atoms with van der Waals surface area (Å²) in [7, 11) is 1.61. The van der Waals surface area contributed by atoms with Crippen LogP contribution in [-0.2, 0) is 5.54 Å². The molecule has 0 radical (unpaired) electrons. The number of likely N-dealkylation sites (tertiary alicyclic amines) is 1. The maximum absolute atomic E-state index is 12.9. The average molecular weight is 402 g/mol. The monoisotopic (exact) mass is 402 g/mol. The highest BCUT2D eigenvalue weighted by Crippen LogP contribution is 2.43. The van der Waals surface area contributed by atoms with Crippen molar-refractivity contribution >= 4 is 17.4 Å². The molecule has 1 fully saturated rings.